The number of ether oxygens (including phenoxy) is 1. The van der Waals surface area contributed by atoms with Crippen molar-refractivity contribution in [2.24, 2.45) is 0 Å². The van der Waals surface area contributed by atoms with Crippen LogP contribution in [0, 0.1) is 6.92 Å². The van der Waals surface area contributed by atoms with Crippen LogP contribution < -0.4 is 10.3 Å². The highest BCUT2D eigenvalue weighted by Gasteiger charge is 2.25. The molecule has 0 aliphatic heterocycles. The van der Waals surface area contributed by atoms with Crippen LogP contribution in [0.4, 0.5) is 0 Å². The summed E-state index contributed by atoms with van der Waals surface area (Å²) in [6.07, 6.45) is 2.93. The summed E-state index contributed by atoms with van der Waals surface area (Å²) in [7, 11) is 0. The number of hydrogen-bond acceptors (Lipinski definition) is 4. The molecule has 0 bridgehead atoms. The summed E-state index contributed by atoms with van der Waals surface area (Å²) < 4.78 is 7.84. The molecule has 6 nitrogen and oxygen atoms in total. The van der Waals surface area contributed by atoms with Crippen molar-refractivity contribution in [2.45, 2.75) is 65.5 Å². The second kappa shape index (κ2) is 13.4. The van der Waals surface area contributed by atoms with Gasteiger partial charge in [-0.05, 0) is 48.6 Å². The Hall–Kier alpha value is -3.90. The molecule has 0 aliphatic carbocycles. The lowest BCUT2D eigenvalue weighted by Gasteiger charge is -2.20. The summed E-state index contributed by atoms with van der Waals surface area (Å²) in [5.74, 6) is 0.139. The van der Waals surface area contributed by atoms with Gasteiger partial charge in [-0.25, -0.2) is 9.78 Å². The lowest BCUT2D eigenvalue weighted by molar-refractivity contribution is -0.145. The van der Waals surface area contributed by atoms with Gasteiger partial charge < -0.3 is 9.84 Å². The van der Waals surface area contributed by atoms with Crippen LogP contribution in [0.1, 0.15) is 67.4 Å². The molecule has 4 rings (SSSR count). The monoisotopic (exact) mass is 558 g/mol. The zero-order chi connectivity index (χ0) is 28.6. The van der Waals surface area contributed by atoms with E-state index in [-0.39, 0.29) is 5.56 Å². The maximum atomic E-state index is 13.9. The third kappa shape index (κ3) is 6.62. The van der Waals surface area contributed by atoms with Crippen molar-refractivity contribution in [1.82, 2.24) is 9.55 Å². The summed E-state index contributed by atoms with van der Waals surface area (Å²) in [5, 5.41) is 10.3. The van der Waals surface area contributed by atoms with E-state index < -0.39 is 12.1 Å². The molecular weight excluding hydrogens is 524 g/mol. The number of nitrogens with zero attached hydrogens (tertiary/aromatic N) is 2. The van der Waals surface area contributed by atoms with Crippen molar-refractivity contribution < 1.29 is 14.6 Å². The van der Waals surface area contributed by atoms with Crippen LogP contribution in [0.15, 0.2) is 77.6 Å². The van der Waals surface area contributed by atoms with E-state index in [4.69, 9.17) is 21.3 Å². The first kappa shape index (κ1) is 29.1. The Kier molecular flexibility index (Phi) is 9.78. The molecule has 1 aromatic heterocycles. The summed E-state index contributed by atoms with van der Waals surface area (Å²) in [5.41, 5.74) is 4.32. The molecule has 1 atom stereocenters. The van der Waals surface area contributed by atoms with Crippen LogP contribution in [-0.2, 0) is 24.2 Å². The fourth-order valence-electron chi connectivity index (χ4n) is 4.90. The minimum atomic E-state index is -1.24. The molecule has 4 aromatic rings. The van der Waals surface area contributed by atoms with E-state index in [0.29, 0.717) is 41.3 Å². The number of aryl methyl sites for hydroxylation is 3. The Labute approximate surface area is 240 Å². The number of carboxylic acid groups (broad SMARTS) is 1. The smallest absolute Gasteiger partial charge is 0.349 e. The van der Waals surface area contributed by atoms with E-state index in [1.54, 1.807) is 34.9 Å². The average Bonchev–Trinajstić information content (AvgIpc) is 2.94. The molecule has 3 aromatic carbocycles. The van der Waals surface area contributed by atoms with Gasteiger partial charge in [0, 0.05) is 17.0 Å². The number of unbranched alkanes of at least 4 members (excludes halogenated alkanes) is 1. The molecule has 0 fully saturated rings. The number of hydrogen-bond donors (Lipinski definition) is 1. The Morgan fingerprint density at radius 1 is 1.00 bits per heavy atom. The number of aromatic nitrogens is 2. The van der Waals surface area contributed by atoms with E-state index in [1.165, 1.54) is 0 Å². The third-order valence-corrected chi connectivity index (χ3v) is 7.23. The number of aliphatic carboxylic acids is 1. The first-order valence-electron chi connectivity index (χ1n) is 13.7. The second-order valence-electron chi connectivity index (χ2n) is 9.90. The number of benzene rings is 3. The topological polar surface area (TPSA) is 81.4 Å². The van der Waals surface area contributed by atoms with Gasteiger partial charge >= 0.3 is 5.97 Å². The largest absolute Gasteiger partial charge is 0.478 e. The highest BCUT2D eigenvalue weighted by molar-refractivity contribution is 6.31. The molecule has 208 valence electrons. The van der Waals surface area contributed by atoms with E-state index in [9.17, 15) is 14.7 Å². The minimum Gasteiger partial charge on any atom is -0.478 e. The molecular formula is C33H35ClN2O4. The Balaban J connectivity index is 1.74. The van der Waals surface area contributed by atoms with Crippen molar-refractivity contribution in [2.75, 3.05) is 0 Å². The molecule has 1 N–H and O–H groups in total. The number of rotatable bonds is 12. The number of carboxylic acids is 1. The summed E-state index contributed by atoms with van der Waals surface area (Å²) in [6, 6.07) is 22.1. The lowest BCUT2D eigenvalue weighted by Crippen LogP contribution is -2.28. The van der Waals surface area contributed by atoms with Crippen LogP contribution in [-0.4, -0.2) is 20.6 Å². The highest BCUT2D eigenvalue weighted by Crippen LogP contribution is 2.31. The standard InChI is InChI=1S/C33H35ClN2O4/c1-4-6-17-29-35-22(3)30(24-13-8-7-9-14-24)32(37)36(29)21-23-18-19-28(25(20-23)12-5-2)40-31(33(38)39)26-15-10-11-16-27(26)34/h7-11,13-16,18-20,31H,4-6,12,17,21H2,1-3H3,(H,38,39). The van der Waals surface area contributed by atoms with Gasteiger partial charge in [-0.1, -0.05) is 99.0 Å². The first-order chi connectivity index (χ1) is 19.3. The maximum absolute atomic E-state index is 13.9. The molecule has 1 unspecified atom stereocenters. The van der Waals surface area contributed by atoms with Gasteiger partial charge in [0.25, 0.3) is 5.56 Å². The molecule has 0 aliphatic rings. The van der Waals surface area contributed by atoms with E-state index in [0.717, 1.165) is 47.5 Å². The predicted octanol–water partition coefficient (Wildman–Crippen LogP) is 7.42. The zero-order valence-corrected chi connectivity index (χ0v) is 23.9. The van der Waals surface area contributed by atoms with Gasteiger partial charge in [0.2, 0.25) is 6.10 Å². The lowest BCUT2D eigenvalue weighted by atomic mass is 10.0. The van der Waals surface area contributed by atoms with Crippen LogP contribution in [0.5, 0.6) is 5.75 Å². The highest BCUT2D eigenvalue weighted by atomic mass is 35.5. The molecule has 0 radical (unpaired) electrons. The van der Waals surface area contributed by atoms with Crippen molar-refractivity contribution in [3.63, 3.8) is 0 Å². The Bertz CT molecular complexity index is 1530. The molecule has 0 spiro atoms. The van der Waals surface area contributed by atoms with Crippen LogP contribution in [0.3, 0.4) is 0 Å². The predicted molar refractivity (Wildman–Crippen MR) is 159 cm³/mol. The quantitative estimate of drug-likeness (QED) is 0.196. The van der Waals surface area contributed by atoms with E-state index in [2.05, 4.69) is 13.8 Å². The molecule has 1 heterocycles. The number of carbonyl (C=O) groups is 1. The fraction of sp³-hybridized carbons (Fsp3) is 0.303. The van der Waals surface area contributed by atoms with Gasteiger partial charge in [-0.15, -0.1) is 0 Å². The first-order valence-corrected chi connectivity index (χ1v) is 14.1. The fourth-order valence-corrected chi connectivity index (χ4v) is 5.13. The van der Waals surface area contributed by atoms with Gasteiger partial charge in [0.1, 0.15) is 11.6 Å². The van der Waals surface area contributed by atoms with Crippen LogP contribution in [0.2, 0.25) is 5.02 Å². The second-order valence-corrected chi connectivity index (χ2v) is 10.3. The van der Waals surface area contributed by atoms with Crippen molar-refractivity contribution in [1.29, 1.82) is 0 Å². The van der Waals surface area contributed by atoms with Crippen LogP contribution >= 0.6 is 11.6 Å². The summed E-state index contributed by atoms with van der Waals surface area (Å²) in [6.45, 7) is 6.43. The molecule has 0 saturated carbocycles. The van der Waals surface area contributed by atoms with E-state index >= 15 is 0 Å². The van der Waals surface area contributed by atoms with Crippen molar-refractivity contribution in [3.05, 3.63) is 116 Å². The van der Waals surface area contributed by atoms with Crippen molar-refractivity contribution in [3.8, 4) is 16.9 Å². The third-order valence-electron chi connectivity index (χ3n) is 6.89. The molecule has 0 saturated heterocycles. The summed E-state index contributed by atoms with van der Waals surface area (Å²) in [4.78, 5) is 30.9. The van der Waals surface area contributed by atoms with Gasteiger partial charge in [-0.3, -0.25) is 9.36 Å². The van der Waals surface area contributed by atoms with E-state index in [1.807, 2.05) is 49.4 Å². The zero-order valence-electron chi connectivity index (χ0n) is 23.2. The Morgan fingerprint density at radius 3 is 2.40 bits per heavy atom. The maximum Gasteiger partial charge on any atom is 0.349 e. The van der Waals surface area contributed by atoms with Gasteiger partial charge in [0.05, 0.1) is 17.8 Å². The SMILES string of the molecule is CCCCc1nc(C)c(-c2ccccc2)c(=O)n1Cc1ccc(OC(C(=O)O)c2ccccc2Cl)c(CCC)c1. The summed E-state index contributed by atoms with van der Waals surface area (Å²) >= 11 is 6.30. The van der Waals surface area contributed by atoms with Crippen molar-refractivity contribution >= 4 is 17.6 Å². The average molecular weight is 559 g/mol. The minimum absolute atomic E-state index is 0.0631. The molecule has 40 heavy (non-hydrogen) atoms. The Morgan fingerprint density at radius 2 is 1.73 bits per heavy atom. The number of halogens is 1. The molecule has 0 amide bonds. The van der Waals surface area contributed by atoms with Crippen LogP contribution in [0.25, 0.3) is 11.1 Å². The van der Waals surface area contributed by atoms with Gasteiger partial charge in [0.15, 0.2) is 0 Å². The van der Waals surface area contributed by atoms with Gasteiger partial charge in [-0.2, -0.15) is 0 Å². The normalized spacial score (nSPS) is 11.8. The molecule has 7 heteroatoms.